The number of hydrogen-bond donors (Lipinski definition) is 3. The number of carbonyl (C=O) groups excluding carboxylic acids is 1. The number of carbonyl (C=O) groups is 1. The van der Waals surface area contributed by atoms with Crippen molar-refractivity contribution in [2.45, 2.75) is 6.92 Å². The zero-order valence-corrected chi connectivity index (χ0v) is 11.9. The van der Waals surface area contributed by atoms with E-state index in [0.29, 0.717) is 28.2 Å². The molecule has 6 heteroatoms. The van der Waals surface area contributed by atoms with Crippen LogP contribution in [0.25, 0.3) is 0 Å². The Bertz CT molecular complexity index is 745. The van der Waals surface area contributed by atoms with Crippen molar-refractivity contribution in [1.82, 2.24) is 0 Å². The normalized spacial score (nSPS) is 10.6. The van der Waals surface area contributed by atoms with Crippen molar-refractivity contribution < 1.29 is 10.0 Å². The first-order chi connectivity index (χ1) is 10.6. The minimum absolute atomic E-state index is 0.402. The van der Waals surface area contributed by atoms with E-state index in [1.807, 2.05) is 6.07 Å². The summed E-state index contributed by atoms with van der Waals surface area (Å²) in [4.78, 5) is 11.9. The molecule has 2 aromatic rings. The number of hydrogen-bond acceptors (Lipinski definition) is 4. The summed E-state index contributed by atoms with van der Waals surface area (Å²) in [6, 6.07) is 15.1. The quantitative estimate of drug-likeness (QED) is 0.459. The second-order valence-electron chi connectivity index (χ2n) is 4.53. The summed E-state index contributed by atoms with van der Waals surface area (Å²) in [5, 5.41) is 26.0. The largest absolute Gasteiger partial charge is 0.411 e. The van der Waals surface area contributed by atoms with Gasteiger partial charge in [-0.1, -0.05) is 17.3 Å². The zero-order valence-electron chi connectivity index (χ0n) is 11.9. The summed E-state index contributed by atoms with van der Waals surface area (Å²) in [6.07, 6.45) is 0. The summed E-state index contributed by atoms with van der Waals surface area (Å²) in [5.74, 6) is 0. The lowest BCUT2D eigenvalue weighted by Gasteiger charge is -2.09. The Labute approximate surface area is 127 Å². The number of nitrogens with one attached hydrogen (secondary N) is 2. The summed E-state index contributed by atoms with van der Waals surface area (Å²) in [5.41, 5.74) is 2.85. The van der Waals surface area contributed by atoms with Gasteiger partial charge in [-0.3, -0.25) is 0 Å². The lowest BCUT2D eigenvalue weighted by atomic mass is 10.1. The highest BCUT2D eigenvalue weighted by Crippen LogP contribution is 2.13. The third-order valence-electron chi connectivity index (χ3n) is 2.96. The van der Waals surface area contributed by atoms with E-state index in [0.717, 1.165) is 0 Å². The van der Waals surface area contributed by atoms with Crippen LogP contribution in [0, 0.1) is 11.3 Å². The molecule has 0 spiro atoms. The van der Waals surface area contributed by atoms with Crippen molar-refractivity contribution in [2.24, 2.45) is 5.16 Å². The summed E-state index contributed by atoms with van der Waals surface area (Å²) in [7, 11) is 0. The molecule has 0 aliphatic rings. The molecule has 0 unspecified atom stereocenters. The van der Waals surface area contributed by atoms with Gasteiger partial charge in [0.05, 0.1) is 17.3 Å². The SMILES string of the molecule is C/C(=N\O)c1cccc(NC(=O)Nc2ccc(C#N)cc2)c1. The zero-order chi connectivity index (χ0) is 15.9. The fraction of sp³-hybridized carbons (Fsp3) is 0.0625. The van der Waals surface area contributed by atoms with Gasteiger partial charge in [0.15, 0.2) is 0 Å². The van der Waals surface area contributed by atoms with Crippen LogP contribution in [0.1, 0.15) is 18.1 Å². The number of urea groups is 1. The van der Waals surface area contributed by atoms with Crippen molar-refractivity contribution in [2.75, 3.05) is 10.6 Å². The second kappa shape index (κ2) is 6.90. The molecule has 0 aliphatic heterocycles. The molecule has 110 valence electrons. The van der Waals surface area contributed by atoms with Crippen LogP contribution in [-0.2, 0) is 0 Å². The van der Waals surface area contributed by atoms with Gasteiger partial charge in [0.2, 0.25) is 0 Å². The molecule has 3 N–H and O–H groups in total. The minimum atomic E-state index is -0.402. The number of benzene rings is 2. The van der Waals surface area contributed by atoms with Gasteiger partial charge in [0.25, 0.3) is 0 Å². The number of nitriles is 1. The molecule has 2 amide bonds. The molecule has 22 heavy (non-hydrogen) atoms. The maximum absolute atomic E-state index is 11.9. The Hall–Kier alpha value is -3.33. The smallest absolute Gasteiger partial charge is 0.323 e. The highest BCUT2D eigenvalue weighted by molar-refractivity contribution is 6.02. The standard InChI is InChI=1S/C16H14N4O2/c1-11(20-22)13-3-2-4-15(9-13)19-16(21)18-14-7-5-12(10-17)6-8-14/h2-9,22H,1H3,(H2,18,19,21)/b20-11+. The van der Waals surface area contributed by atoms with Crippen molar-refractivity contribution in [3.05, 3.63) is 59.7 Å². The predicted molar refractivity (Wildman–Crippen MR) is 84.2 cm³/mol. The van der Waals surface area contributed by atoms with Gasteiger partial charge in [-0.05, 0) is 43.3 Å². The van der Waals surface area contributed by atoms with Crippen molar-refractivity contribution in [3.8, 4) is 6.07 Å². The van der Waals surface area contributed by atoms with Crippen LogP contribution in [0.15, 0.2) is 53.7 Å². The van der Waals surface area contributed by atoms with E-state index in [1.54, 1.807) is 55.5 Å². The van der Waals surface area contributed by atoms with Gasteiger partial charge in [-0.2, -0.15) is 5.26 Å². The third kappa shape index (κ3) is 3.84. The summed E-state index contributed by atoms with van der Waals surface area (Å²) < 4.78 is 0. The number of anilines is 2. The molecule has 0 atom stereocenters. The number of oxime groups is 1. The van der Waals surface area contributed by atoms with Crippen LogP contribution in [0.5, 0.6) is 0 Å². The van der Waals surface area contributed by atoms with E-state index in [-0.39, 0.29) is 0 Å². The molecular weight excluding hydrogens is 280 g/mol. The fourth-order valence-electron chi connectivity index (χ4n) is 1.80. The third-order valence-corrected chi connectivity index (χ3v) is 2.96. The number of amides is 2. The second-order valence-corrected chi connectivity index (χ2v) is 4.53. The summed E-state index contributed by atoms with van der Waals surface area (Å²) >= 11 is 0. The molecule has 0 aromatic heterocycles. The average Bonchev–Trinajstić information content (AvgIpc) is 2.55. The molecule has 0 heterocycles. The van der Waals surface area contributed by atoms with Crippen LogP contribution in [0.3, 0.4) is 0 Å². The van der Waals surface area contributed by atoms with E-state index >= 15 is 0 Å². The van der Waals surface area contributed by atoms with E-state index in [4.69, 9.17) is 10.5 Å². The van der Waals surface area contributed by atoms with Gasteiger partial charge < -0.3 is 15.8 Å². The molecule has 0 saturated carbocycles. The number of rotatable bonds is 3. The first-order valence-electron chi connectivity index (χ1n) is 6.49. The Morgan fingerprint density at radius 1 is 1.14 bits per heavy atom. The lowest BCUT2D eigenvalue weighted by Crippen LogP contribution is -2.19. The van der Waals surface area contributed by atoms with Gasteiger partial charge in [-0.15, -0.1) is 0 Å². The van der Waals surface area contributed by atoms with E-state index < -0.39 is 6.03 Å². The van der Waals surface area contributed by atoms with Crippen molar-refractivity contribution in [3.63, 3.8) is 0 Å². The maximum Gasteiger partial charge on any atom is 0.323 e. The van der Waals surface area contributed by atoms with Gasteiger partial charge in [0.1, 0.15) is 0 Å². The molecule has 0 fully saturated rings. The Morgan fingerprint density at radius 3 is 2.45 bits per heavy atom. The molecule has 0 radical (unpaired) electrons. The molecule has 0 saturated heterocycles. The van der Waals surface area contributed by atoms with Gasteiger partial charge in [-0.25, -0.2) is 4.79 Å². The first-order valence-corrected chi connectivity index (χ1v) is 6.49. The molecule has 2 aromatic carbocycles. The molecular formula is C16H14N4O2. The highest BCUT2D eigenvalue weighted by Gasteiger charge is 2.05. The van der Waals surface area contributed by atoms with Crippen molar-refractivity contribution >= 4 is 23.1 Å². The summed E-state index contributed by atoms with van der Waals surface area (Å²) in [6.45, 7) is 1.66. The average molecular weight is 294 g/mol. The van der Waals surface area contributed by atoms with E-state index in [2.05, 4.69) is 15.8 Å². The highest BCUT2D eigenvalue weighted by atomic mass is 16.4. The Kier molecular flexibility index (Phi) is 4.73. The van der Waals surface area contributed by atoms with E-state index in [9.17, 15) is 4.79 Å². The number of nitrogens with zero attached hydrogens (tertiary/aromatic N) is 2. The van der Waals surface area contributed by atoms with E-state index in [1.165, 1.54) is 0 Å². The Balaban J connectivity index is 2.04. The molecule has 6 nitrogen and oxygen atoms in total. The van der Waals surface area contributed by atoms with Crippen LogP contribution in [0.2, 0.25) is 0 Å². The predicted octanol–water partition coefficient (Wildman–Crippen LogP) is 3.40. The van der Waals surface area contributed by atoms with Crippen molar-refractivity contribution in [1.29, 1.82) is 5.26 Å². The lowest BCUT2D eigenvalue weighted by molar-refractivity contribution is 0.262. The Morgan fingerprint density at radius 2 is 1.82 bits per heavy atom. The van der Waals surface area contributed by atoms with Crippen LogP contribution in [0.4, 0.5) is 16.2 Å². The molecule has 2 rings (SSSR count). The maximum atomic E-state index is 11.9. The monoisotopic (exact) mass is 294 g/mol. The van der Waals surface area contributed by atoms with Gasteiger partial charge in [0, 0.05) is 16.9 Å². The van der Waals surface area contributed by atoms with Crippen LogP contribution >= 0.6 is 0 Å². The van der Waals surface area contributed by atoms with Gasteiger partial charge >= 0.3 is 6.03 Å². The minimum Gasteiger partial charge on any atom is -0.411 e. The first kappa shape index (κ1) is 15.1. The molecule has 0 bridgehead atoms. The fourth-order valence-corrected chi connectivity index (χ4v) is 1.80. The van der Waals surface area contributed by atoms with Crippen LogP contribution < -0.4 is 10.6 Å². The van der Waals surface area contributed by atoms with Crippen LogP contribution in [-0.4, -0.2) is 17.0 Å². The molecule has 0 aliphatic carbocycles. The topological polar surface area (TPSA) is 97.5 Å².